The van der Waals surface area contributed by atoms with Crippen molar-refractivity contribution in [1.29, 1.82) is 0 Å². The third-order valence-electron chi connectivity index (χ3n) is 4.77. The molecule has 27 heavy (non-hydrogen) atoms. The van der Waals surface area contributed by atoms with Gasteiger partial charge in [0.15, 0.2) is 0 Å². The molecule has 0 spiro atoms. The first-order valence-electron chi connectivity index (χ1n) is 9.20. The van der Waals surface area contributed by atoms with Crippen LogP contribution in [-0.4, -0.2) is 74.0 Å². The van der Waals surface area contributed by atoms with Crippen LogP contribution >= 0.6 is 11.6 Å². The van der Waals surface area contributed by atoms with Crippen molar-refractivity contribution in [2.24, 2.45) is 5.73 Å². The highest BCUT2D eigenvalue weighted by Crippen LogP contribution is 2.28. The van der Waals surface area contributed by atoms with Crippen LogP contribution in [0.2, 0.25) is 5.02 Å². The highest BCUT2D eigenvalue weighted by molar-refractivity contribution is 6.32. The summed E-state index contributed by atoms with van der Waals surface area (Å²) in [7, 11) is 3.91. The van der Waals surface area contributed by atoms with Gasteiger partial charge in [0.05, 0.1) is 11.1 Å². The molecule has 0 radical (unpaired) electrons. The number of halogens is 1. The van der Waals surface area contributed by atoms with E-state index in [1.807, 2.05) is 25.9 Å². The van der Waals surface area contributed by atoms with Gasteiger partial charge in [-0.1, -0.05) is 11.6 Å². The van der Waals surface area contributed by atoms with E-state index in [0.29, 0.717) is 22.9 Å². The maximum Gasteiger partial charge on any atom is 0.251 e. The zero-order chi connectivity index (χ0) is 20.0. The number of nitrogens with one attached hydrogen (secondary N) is 1. The molecule has 1 aliphatic heterocycles. The molecular weight excluding hydrogens is 368 g/mol. The monoisotopic (exact) mass is 396 g/mol. The highest BCUT2D eigenvalue weighted by Gasteiger charge is 2.26. The minimum atomic E-state index is -0.308. The highest BCUT2D eigenvalue weighted by atomic mass is 35.5. The quantitative estimate of drug-likeness (QED) is 0.692. The summed E-state index contributed by atoms with van der Waals surface area (Å²) in [5.74, 6) is 0.110. The Labute approximate surface area is 165 Å². The van der Waals surface area contributed by atoms with Crippen LogP contribution in [0.4, 0.5) is 0 Å². The fraction of sp³-hybridized carbons (Fsp3) is 0.579. The summed E-state index contributed by atoms with van der Waals surface area (Å²) in [6, 6.07) is 4.82. The Balaban J connectivity index is 1.87. The second-order valence-electron chi connectivity index (χ2n) is 7.14. The predicted octanol–water partition coefficient (Wildman–Crippen LogP) is 1.35. The van der Waals surface area contributed by atoms with Crippen LogP contribution < -0.4 is 15.8 Å². The van der Waals surface area contributed by atoms with Crippen molar-refractivity contribution < 1.29 is 14.3 Å². The van der Waals surface area contributed by atoms with Gasteiger partial charge in [-0.2, -0.15) is 0 Å². The van der Waals surface area contributed by atoms with Gasteiger partial charge in [0, 0.05) is 31.7 Å². The number of nitrogens with zero attached hydrogens (tertiary/aromatic N) is 2. The second kappa shape index (κ2) is 9.92. The van der Waals surface area contributed by atoms with E-state index in [2.05, 4.69) is 10.2 Å². The second-order valence-corrected chi connectivity index (χ2v) is 7.54. The Bertz CT molecular complexity index is 660. The van der Waals surface area contributed by atoms with Crippen molar-refractivity contribution in [1.82, 2.24) is 15.1 Å². The van der Waals surface area contributed by atoms with Crippen molar-refractivity contribution in [3.8, 4) is 5.75 Å². The van der Waals surface area contributed by atoms with Gasteiger partial charge in [0.25, 0.3) is 5.91 Å². The molecular formula is C19H29ClN4O3. The summed E-state index contributed by atoms with van der Waals surface area (Å²) in [6.07, 6.45) is 1.61. The fourth-order valence-corrected chi connectivity index (χ4v) is 3.20. The van der Waals surface area contributed by atoms with Gasteiger partial charge in [-0.05, 0) is 52.1 Å². The molecule has 0 aromatic heterocycles. The molecule has 8 heteroatoms. The number of benzene rings is 1. The van der Waals surface area contributed by atoms with E-state index in [4.69, 9.17) is 22.1 Å². The van der Waals surface area contributed by atoms with Crippen LogP contribution in [-0.2, 0) is 4.79 Å². The van der Waals surface area contributed by atoms with Gasteiger partial charge < -0.3 is 20.7 Å². The van der Waals surface area contributed by atoms with Crippen molar-refractivity contribution >= 4 is 23.4 Å². The van der Waals surface area contributed by atoms with Crippen molar-refractivity contribution in [3.05, 3.63) is 28.8 Å². The van der Waals surface area contributed by atoms with Crippen LogP contribution in [0.1, 0.15) is 30.1 Å². The SMILES string of the molecule is C[C@@H](C(N)=O)N1CCC(Oc2ccc(C(=O)NCCN(C)C)cc2Cl)CC1. The van der Waals surface area contributed by atoms with E-state index in [1.165, 1.54) is 0 Å². The lowest BCUT2D eigenvalue weighted by atomic mass is 10.1. The predicted molar refractivity (Wildman–Crippen MR) is 106 cm³/mol. The number of amides is 2. The van der Waals surface area contributed by atoms with Gasteiger partial charge in [-0.3, -0.25) is 14.5 Å². The number of primary amides is 1. The molecule has 0 saturated carbocycles. The van der Waals surface area contributed by atoms with E-state index in [1.54, 1.807) is 18.2 Å². The Hall–Kier alpha value is -1.83. The van der Waals surface area contributed by atoms with Crippen LogP contribution in [0.25, 0.3) is 0 Å². The largest absolute Gasteiger partial charge is 0.489 e. The number of hydrogen-bond donors (Lipinski definition) is 2. The zero-order valence-corrected chi connectivity index (χ0v) is 17.0. The third kappa shape index (κ3) is 6.37. The molecule has 1 saturated heterocycles. The minimum absolute atomic E-state index is 0.0265. The van der Waals surface area contributed by atoms with Gasteiger partial charge >= 0.3 is 0 Å². The van der Waals surface area contributed by atoms with E-state index in [0.717, 1.165) is 32.5 Å². The first kappa shape index (κ1) is 21.5. The smallest absolute Gasteiger partial charge is 0.251 e. The molecule has 150 valence electrons. The van der Waals surface area contributed by atoms with Crippen molar-refractivity contribution in [2.45, 2.75) is 31.9 Å². The van der Waals surface area contributed by atoms with E-state index in [9.17, 15) is 9.59 Å². The molecule has 1 aromatic rings. The average molecular weight is 397 g/mol. The first-order valence-corrected chi connectivity index (χ1v) is 9.58. The summed E-state index contributed by atoms with van der Waals surface area (Å²) < 4.78 is 6.01. The molecule has 2 amide bonds. The molecule has 0 aliphatic carbocycles. The molecule has 1 aromatic carbocycles. The van der Waals surface area contributed by atoms with Gasteiger partial charge in [0.2, 0.25) is 5.91 Å². The number of hydrogen-bond acceptors (Lipinski definition) is 5. The van der Waals surface area contributed by atoms with E-state index in [-0.39, 0.29) is 24.0 Å². The fourth-order valence-electron chi connectivity index (χ4n) is 2.97. The lowest BCUT2D eigenvalue weighted by Crippen LogP contribution is -2.48. The zero-order valence-electron chi connectivity index (χ0n) is 16.2. The normalized spacial score (nSPS) is 16.9. The lowest BCUT2D eigenvalue weighted by Gasteiger charge is -2.34. The summed E-state index contributed by atoms with van der Waals surface area (Å²) >= 11 is 6.31. The third-order valence-corrected chi connectivity index (χ3v) is 5.06. The molecule has 1 heterocycles. The van der Waals surface area contributed by atoms with Crippen LogP contribution in [0, 0.1) is 0 Å². The number of likely N-dealkylation sites (tertiary alicyclic amines) is 1. The molecule has 1 aliphatic rings. The van der Waals surface area contributed by atoms with Gasteiger partial charge in [-0.15, -0.1) is 0 Å². The van der Waals surface area contributed by atoms with Gasteiger partial charge in [-0.25, -0.2) is 0 Å². The molecule has 0 bridgehead atoms. The molecule has 1 fully saturated rings. The number of nitrogens with two attached hydrogens (primary N) is 1. The summed E-state index contributed by atoms with van der Waals surface area (Å²) in [5.41, 5.74) is 5.87. The lowest BCUT2D eigenvalue weighted by molar-refractivity contribution is -0.123. The molecule has 1 atom stereocenters. The number of carbonyl (C=O) groups is 2. The summed E-state index contributed by atoms with van der Waals surface area (Å²) in [6.45, 7) is 4.66. The van der Waals surface area contributed by atoms with Crippen LogP contribution in [0.15, 0.2) is 18.2 Å². The Morgan fingerprint density at radius 1 is 1.37 bits per heavy atom. The molecule has 2 rings (SSSR count). The van der Waals surface area contributed by atoms with Crippen molar-refractivity contribution in [2.75, 3.05) is 40.3 Å². The standard InChI is InChI=1S/C19H29ClN4O3/c1-13(18(21)25)24-9-6-15(7-10-24)27-17-5-4-14(12-16(17)20)19(26)22-8-11-23(2)3/h4-5,12-13,15H,6-11H2,1-3H3,(H2,21,25)(H,22,26)/t13-/m0/s1. The number of carbonyl (C=O) groups excluding carboxylic acids is 2. The molecule has 3 N–H and O–H groups in total. The van der Waals surface area contributed by atoms with Crippen molar-refractivity contribution in [3.63, 3.8) is 0 Å². The Morgan fingerprint density at radius 3 is 2.59 bits per heavy atom. The maximum absolute atomic E-state index is 12.2. The summed E-state index contributed by atoms with van der Waals surface area (Å²) in [5, 5.41) is 3.28. The van der Waals surface area contributed by atoms with Crippen LogP contribution in [0.5, 0.6) is 5.75 Å². The number of likely N-dealkylation sites (N-methyl/N-ethyl adjacent to an activating group) is 1. The maximum atomic E-state index is 12.2. The molecule has 7 nitrogen and oxygen atoms in total. The average Bonchev–Trinajstić information content (AvgIpc) is 2.63. The Morgan fingerprint density at radius 2 is 2.04 bits per heavy atom. The summed E-state index contributed by atoms with van der Waals surface area (Å²) in [4.78, 5) is 27.5. The van der Waals surface area contributed by atoms with Gasteiger partial charge in [0.1, 0.15) is 11.9 Å². The van der Waals surface area contributed by atoms with Crippen LogP contribution in [0.3, 0.4) is 0 Å². The Kier molecular flexibility index (Phi) is 7.89. The number of ether oxygens (including phenoxy) is 1. The number of rotatable bonds is 8. The number of piperidine rings is 1. The first-order chi connectivity index (χ1) is 12.8. The molecule has 0 unspecified atom stereocenters. The topological polar surface area (TPSA) is 87.9 Å². The van der Waals surface area contributed by atoms with E-state index < -0.39 is 0 Å². The van der Waals surface area contributed by atoms with E-state index >= 15 is 0 Å². The minimum Gasteiger partial charge on any atom is -0.489 e.